The highest BCUT2D eigenvalue weighted by atomic mass is 19.4. The molecule has 0 bridgehead atoms. The van der Waals surface area contributed by atoms with E-state index in [0.717, 1.165) is 12.1 Å². The van der Waals surface area contributed by atoms with E-state index in [2.05, 4.69) is 4.74 Å². The van der Waals surface area contributed by atoms with E-state index in [0.29, 0.717) is 12.0 Å². The summed E-state index contributed by atoms with van der Waals surface area (Å²) in [6.07, 6.45) is -4.73. The van der Waals surface area contributed by atoms with Gasteiger partial charge in [-0.2, -0.15) is 13.2 Å². The van der Waals surface area contributed by atoms with Gasteiger partial charge in [0.25, 0.3) is 0 Å². The zero-order valence-corrected chi connectivity index (χ0v) is 11.9. The molecule has 0 saturated carbocycles. The van der Waals surface area contributed by atoms with Crippen LogP contribution in [-0.4, -0.2) is 24.1 Å². The molecule has 0 aromatic heterocycles. The van der Waals surface area contributed by atoms with Crippen LogP contribution >= 0.6 is 0 Å². The molecule has 0 fully saturated rings. The van der Waals surface area contributed by atoms with Gasteiger partial charge in [0.2, 0.25) is 5.78 Å². The predicted octanol–water partition coefficient (Wildman–Crippen LogP) is 2.73. The molecule has 0 aliphatic rings. The fourth-order valence-corrected chi connectivity index (χ4v) is 1.63. The maximum absolute atomic E-state index is 12.4. The Morgan fingerprint density at radius 3 is 2.18 bits per heavy atom. The van der Waals surface area contributed by atoms with Crippen LogP contribution in [0.1, 0.15) is 30.9 Å². The number of carbonyl (C=O) groups is 3. The summed E-state index contributed by atoms with van der Waals surface area (Å²) in [7, 11) is 0. The molecule has 0 spiro atoms. The Morgan fingerprint density at radius 1 is 1.09 bits per heavy atom. The molecule has 22 heavy (non-hydrogen) atoms. The summed E-state index contributed by atoms with van der Waals surface area (Å²) in [6, 6.07) is 4.06. The second kappa shape index (κ2) is 7.72. The number of hydrogen-bond donors (Lipinski definition) is 0. The van der Waals surface area contributed by atoms with Crippen molar-refractivity contribution in [3.05, 3.63) is 35.4 Å². The number of ether oxygens (including phenoxy) is 1. The highest BCUT2D eigenvalue weighted by molar-refractivity contribution is 6.37. The molecule has 4 nitrogen and oxygen atoms in total. The SMILES string of the molecule is CCCOC(=O)C(=O)CC(=O)Cc1ccc(C(F)(F)F)cc1. The Balaban J connectivity index is 2.55. The van der Waals surface area contributed by atoms with Crippen LogP contribution in [0, 0.1) is 0 Å². The molecule has 1 rings (SSSR count). The van der Waals surface area contributed by atoms with Crippen molar-refractivity contribution in [2.45, 2.75) is 32.4 Å². The third-order valence-corrected chi connectivity index (χ3v) is 2.71. The number of esters is 1. The van der Waals surface area contributed by atoms with E-state index in [-0.39, 0.29) is 13.0 Å². The first-order chi connectivity index (χ1) is 10.2. The average molecular weight is 316 g/mol. The van der Waals surface area contributed by atoms with Crippen molar-refractivity contribution in [1.82, 2.24) is 0 Å². The summed E-state index contributed by atoms with van der Waals surface area (Å²) in [6.45, 7) is 1.85. The lowest BCUT2D eigenvalue weighted by atomic mass is 10.0. The van der Waals surface area contributed by atoms with Gasteiger partial charge in [-0.15, -0.1) is 0 Å². The van der Waals surface area contributed by atoms with Gasteiger partial charge in [0.05, 0.1) is 18.6 Å². The lowest BCUT2D eigenvalue weighted by Crippen LogP contribution is -2.21. The first-order valence-corrected chi connectivity index (χ1v) is 6.61. The van der Waals surface area contributed by atoms with Gasteiger partial charge in [-0.1, -0.05) is 19.1 Å². The van der Waals surface area contributed by atoms with Crippen molar-refractivity contribution in [3.63, 3.8) is 0 Å². The average Bonchev–Trinajstić information content (AvgIpc) is 2.44. The van der Waals surface area contributed by atoms with Crippen LogP contribution in [0.2, 0.25) is 0 Å². The molecule has 1 aromatic carbocycles. The van der Waals surface area contributed by atoms with Crippen molar-refractivity contribution in [2.75, 3.05) is 6.61 Å². The molecule has 0 atom stereocenters. The van der Waals surface area contributed by atoms with E-state index in [1.807, 2.05) is 0 Å². The lowest BCUT2D eigenvalue weighted by Gasteiger charge is -2.07. The molecular formula is C15H15F3O4. The molecule has 0 unspecified atom stereocenters. The normalized spacial score (nSPS) is 11.1. The Morgan fingerprint density at radius 2 is 1.68 bits per heavy atom. The maximum Gasteiger partial charge on any atom is 0.416 e. The van der Waals surface area contributed by atoms with Gasteiger partial charge in [-0.25, -0.2) is 4.79 Å². The number of rotatable bonds is 7. The lowest BCUT2D eigenvalue weighted by molar-refractivity contribution is -0.154. The number of halogens is 3. The van der Waals surface area contributed by atoms with Crippen LogP contribution in [0.15, 0.2) is 24.3 Å². The summed E-state index contributed by atoms with van der Waals surface area (Å²) in [5.41, 5.74) is -0.476. The number of hydrogen-bond acceptors (Lipinski definition) is 4. The number of alkyl halides is 3. The Labute approximate surface area is 125 Å². The Hall–Kier alpha value is -2.18. The minimum Gasteiger partial charge on any atom is -0.460 e. The van der Waals surface area contributed by atoms with Crippen LogP contribution in [-0.2, 0) is 31.7 Å². The molecule has 0 aliphatic carbocycles. The fourth-order valence-electron chi connectivity index (χ4n) is 1.63. The predicted molar refractivity (Wildman–Crippen MR) is 71.0 cm³/mol. The smallest absolute Gasteiger partial charge is 0.416 e. The number of benzene rings is 1. The van der Waals surface area contributed by atoms with Gasteiger partial charge >= 0.3 is 12.1 Å². The second-order valence-corrected chi connectivity index (χ2v) is 4.65. The van der Waals surface area contributed by atoms with E-state index in [1.165, 1.54) is 12.1 Å². The largest absolute Gasteiger partial charge is 0.460 e. The molecule has 0 saturated heterocycles. The van der Waals surface area contributed by atoms with Gasteiger partial charge < -0.3 is 4.74 Å². The molecule has 0 aliphatic heterocycles. The summed E-state index contributed by atoms with van der Waals surface area (Å²) in [5.74, 6) is -2.58. The van der Waals surface area contributed by atoms with Crippen molar-refractivity contribution < 1.29 is 32.3 Å². The monoisotopic (exact) mass is 316 g/mol. The van der Waals surface area contributed by atoms with E-state index in [1.54, 1.807) is 6.92 Å². The summed E-state index contributed by atoms with van der Waals surface area (Å²) < 4.78 is 41.7. The molecule has 0 amide bonds. The molecule has 0 N–H and O–H groups in total. The third kappa shape index (κ3) is 5.67. The third-order valence-electron chi connectivity index (χ3n) is 2.71. The van der Waals surface area contributed by atoms with Gasteiger partial charge in [0.1, 0.15) is 5.78 Å². The molecule has 120 valence electrons. The van der Waals surface area contributed by atoms with Gasteiger partial charge in [-0.05, 0) is 24.1 Å². The number of ketones is 2. The zero-order valence-electron chi connectivity index (χ0n) is 11.9. The standard InChI is InChI=1S/C15H15F3O4/c1-2-7-22-14(21)13(20)9-12(19)8-10-3-5-11(6-4-10)15(16,17)18/h3-6H,2,7-9H2,1H3. The first kappa shape index (κ1) is 17.9. The van der Waals surface area contributed by atoms with Crippen molar-refractivity contribution >= 4 is 17.5 Å². The van der Waals surface area contributed by atoms with Crippen molar-refractivity contribution in [2.24, 2.45) is 0 Å². The van der Waals surface area contributed by atoms with Crippen LogP contribution in [0.4, 0.5) is 13.2 Å². The summed E-state index contributed by atoms with van der Waals surface area (Å²) >= 11 is 0. The highest BCUT2D eigenvalue weighted by Crippen LogP contribution is 2.29. The van der Waals surface area contributed by atoms with Crippen molar-refractivity contribution in [1.29, 1.82) is 0 Å². The van der Waals surface area contributed by atoms with Gasteiger partial charge in [-0.3, -0.25) is 9.59 Å². The van der Waals surface area contributed by atoms with Crippen LogP contribution in [0.5, 0.6) is 0 Å². The topological polar surface area (TPSA) is 60.4 Å². The Kier molecular flexibility index (Phi) is 6.27. The quantitative estimate of drug-likeness (QED) is 0.441. The van der Waals surface area contributed by atoms with E-state index in [4.69, 9.17) is 0 Å². The van der Waals surface area contributed by atoms with Crippen LogP contribution in [0.25, 0.3) is 0 Å². The minimum atomic E-state index is -4.44. The molecule has 0 radical (unpaired) electrons. The van der Waals surface area contributed by atoms with E-state index in [9.17, 15) is 27.6 Å². The Bertz CT molecular complexity index is 547. The van der Waals surface area contributed by atoms with E-state index >= 15 is 0 Å². The maximum atomic E-state index is 12.4. The minimum absolute atomic E-state index is 0.0949. The summed E-state index contributed by atoms with van der Waals surface area (Å²) in [5, 5.41) is 0. The molecule has 1 aromatic rings. The zero-order chi connectivity index (χ0) is 16.8. The van der Waals surface area contributed by atoms with Crippen LogP contribution in [0.3, 0.4) is 0 Å². The molecule has 7 heteroatoms. The van der Waals surface area contributed by atoms with Gasteiger partial charge in [0.15, 0.2) is 0 Å². The molecule has 0 heterocycles. The van der Waals surface area contributed by atoms with Crippen LogP contribution < -0.4 is 0 Å². The second-order valence-electron chi connectivity index (χ2n) is 4.65. The van der Waals surface area contributed by atoms with Crippen molar-refractivity contribution in [3.8, 4) is 0 Å². The number of Topliss-reactive ketones (excluding diaryl/α,β-unsaturated/α-hetero) is 2. The summed E-state index contributed by atoms with van der Waals surface area (Å²) in [4.78, 5) is 34.2. The first-order valence-electron chi connectivity index (χ1n) is 6.61. The number of carbonyl (C=O) groups excluding carboxylic acids is 3. The fraction of sp³-hybridized carbons (Fsp3) is 0.400. The van der Waals surface area contributed by atoms with E-state index < -0.39 is 35.7 Å². The van der Waals surface area contributed by atoms with Gasteiger partial charge in [0, 0.05) is 6.42 Å². The molecular weight excluding hydrogens is 301 g/mol. The highest BCUT2D eigenvalue weighted by Gasteiger charge is 2.30.